The molecule has 0 radical (unpaired) electrons. The van der Waals surface area contributed by atoms with E-state index in [0.717, 1.165) is 50.4 Å². The van der Waals surface area contributed by atoms with Gasteiger partial charge >= 0.3 is 0 Å². The van der Waals surface area contributed by atoms with E-state index in [0.29, 0.717) is 11.1 Å². The van der Waals surface area contributed by atoms with Gasteiger partial charge in [0.1, 0.15) is 5.82 Å². The van der Waals surface area contributed by atoms with Gasteiger partial charge < -0.3 is 19.2 Å². The number of carbonyl (C=O) groups is 1. The Morgan fingerprint density at radius 1 is 0.600 bits per heavy atom. The van der Waals surface area contributed by atoms with Gasteiger partial charge in [-0.1, -0.05) is 110 Å². The molecule has 0 bridgehead atoms. The summed E-state index contributed by atoms with van der Waals surface area (Å²) in [5, 5.41) is 2.12. The first-order chi connectivity index (χ1) is 25.6. The summed E-state index contributed by atoms with van der Waals surface area (Å²) in [6.07, 6.45) is 1.87. The van der Waals surface area contributed by atoms with Gasteiger partial charge in [0.2, 0.25) is 0 Å². The number of pyridine rings is 1. The topological polar surface area (TPSA) is 41.4 Å². The summed E-state index contributed by atoms with van der Waals surface area (Å²) < 4.78 is 2.13. The smallest absolute Gasteiger partial charge is 0.136 e. The van der Waals surface area contributed by atoms with E-state index >= 15 is 0 Å². The van der Waals surface area contributed by atoms with Gasteiger partial charge in [-0.05, 0) is 86.3 Å². The van der Waals surface area contributed by atoms with Crippen LogP contribution < -0.4 is 9.80 Å². The molecule has 1 aliphatic rings. The normalized spacial score (nSPS) is 13.3. The van der Waals surface area contributed by atoms with Gasteiger partial charge in [-0.3, -0.25) is 0 Å². The van der Waals surface area contributed by atoms with E-state index in [4.69, 9.17) is 4.98 Å². The van der Waals surface area contributed by atoms with Crippen LogP contribution in [0.25, 0.3) is 27.6 Å². The molecule has 0 fully saturated rings. The van der Waals surface area contributed by atoms with Crippen LogP contribution in [0.3, 0.4) is 0 Å². The second-order valence-electron chi connectivity index (χ2n) is 17.5. The SMILES string of the molecule is CC(C)(C)c1cc(N2[CH-]N(c3[c-]c(C(=O)c4[c-]c5c(cc4)c4ccccc4n5-c4cc(C(C)(C)C)ccn4)ccc3)c3ccccc32)cc(C(C)(C)C)c1.[Pt]. The van der Waals surface area contributed by atoms with Crippen LogP contribution in [0.4, 0.5) is 22.7 Å². The second kappa shape index (κ2) is 13.9. The number of aromatic nitrogens is 2. The quantitative estimate of drug-likeness (QED) is 0.127. The molecular weight excluding hydrogens is 856 g/mol. The molecule has 282 valence electrons. The summed E-state index contributed by atoms with van der Waals surface area (Å²) in [4.78, 5) is 23.6. The van der Waals surface area contributed by atoms with Gasteiger partial charge in [0, 0.05) is 49.8 Å². The standard InChI is InChI=1S/C49H47N4O.Pt/c1-47(2,3)34-23-24-50-45(30-34)53-41-18-11-10-17-39(41)40-22-21-33(26-44(40)53)46(54)32-15-14-16-37(25-32)51-31-52(43-20-13-12-19-42(43)51)38-28-35(48(4,5)6)27-36(29-38)49(7,8)9;/h10-24,27-31H,1-9H3;/q-3;. The predicted octanol–water partition coefficient (Wildman–Crippen LogP) is 12.3. The van der Waals surface area contributed by atoms with E-state index < -0.39 is 0 Å². The fourth-order valence-corrected chi connectivity index (χ4v) is 7.27. The summed E-state index contributed by atoms with van der Waals surface area (Å²) >= 11 is 0. The molecule has 0 saturated heterocycles. The number of benzene rings is 5. The van der Waals surface area contributed by atoms with E-state index in [1.807, 2.05) is 48.7 Å². The third kappa shape index (κ3) is 7.04. The molecule has 6 heteroatoms. The van der Waals surface area contributed by atoms with Crippen molar-refractivity contribution >= 4 is 50.3 Å². The Bertz CT molecular complexity index is 2550. The summed E-state index contributed by atoms with van der Waals surface area (Å²) in [5.41, 5.74) is 10.5. The Hall–Kier alpha value is -4.99. The summed E-state index contributed by atoms with van der Waals surface area (Å²) in [6.45, 7) is 22.3. The van der Waals surface area contributed by atoms with Gasteiger partial charge in [0.25, 0.3) is 0 Å². The maximum Gasteiger partial charge on any atom is 0.136 e. The van der Waals surface area contributed by atoms with Gasteiger partial charge in [-0.25, -0.2) is 4.98 Å². The average molecular weight is 903 g/mol. The summed E-state index contributed by atoms with van der Waals surface area (Å²) in [7, 11) is 0. The number of carbonyl (C=O) groups excluding carboxylic acids is 1. The molecule has 2 aromatic heterocycles. The van der Waals surface area contributed by atoms with Crippen LogP contribution >= 0.6 is 0 Å². The zero-order chi connectivity index (χ0) is 38.2. The van der Waals surface area contributed by atoms with Crippen LogP contribution in [0, 0.1) is 18.8 Å². The third-order valence-corrected chi connectivity index (χ3v) is 10.5. The number of para-hydroxylation sites is 3. The molecule has 0 atom stereocenters. The molecule has 0 saturated carbocycles. The molecule has 0 N–H and O–H groups in total. The molecule has 0 spiro atoms. The van der Waals surface area contributed by atoms with Crippen molar-refractivity contribution in [2.24, 2.45) is 0 Å². The van der Waals surface area contributed by atoms with Crippen molar-refractivity contribution in [2.75, 3.05) is 9.80 Å². The first-order valence-corrected chi connectivity index (χ1v) is 18.8. The van der Waals surface area contributed by atoms with Crippen molar-refractivity contribution in [3.63, 3.8) is 0 Å². The Morgan fingerprint density at radius 2 is 1.22 bits per heavy atom. The molecule has 1 aliphatic heterocycles. The minimum absolute atomic E-state index is 0. The Labute approximate surface area is 340 Å². The molecular formula is C49H47N4OPt-3. The van der Waals surface area contributed by atoms with E-state index in [-0.39, 0.29) is 43.1 Å². The van der Waals surface area contributed by atoms with E-state index in [1.54, 1.807) is 0 Å². The third-order valence-electron chi connectivity index (χ3n) is 10.5. The molecule has 7 aromatic rings. The minimum Gasteiger partial charge on any atom is -0.488 e. The van der Waals surface area contributed by atoms with Crippen LogP contribution in [0.15, 0.2) is 115 Å². The molecule has 0 amide bonds. The number of anilines is 4. The first-order valence-electron chi connectivity index (χ1n) is 18.8. The number of fused-ring (bicyclic) bond motifs is 4. The Morgan fingerprint density at radius 3 is 1.89 bits per heavy atom. The summed E-state index contributed by atoms with van der Waals surface area (Å²) in [5.74, 6) is 0.669. The van der Waals surface area contributed by atoms with Crippen molar-refractivity contribution in [1.29, 1.82) is 0 Å². The molecule has 3 heterocycles. The zero-order valence-corrected chi connectivity index (χ0v) is 35.3. The molecule has 0 unspecified atom stereocenters. The molecule has 8 rings (SSSR count). The second-order valence-corrected chi connectivity index (χ2v) is 17.5. The predicted molar refractivity (Wildman–Crippen MR) is 224 cm³/mol. The molecule has 0 aliphatic carbocycles. The van der Waals surface area contributed by atoms with Crippen molar-refractivity contribution in [3.05, 3.63) is 162 Å². The fraction of sp³-hybridized carbons (Fsp3) is 0.245. The van der Waals surface area contributed by atoms with Crippen molar-refractivity contribution in [2.45, 2.75) is 78.6 Å². The van der Waals surface area contributed by atoms with Crippen molar-refractivity contribution in [1.82, 2.24) is 9.55 Å². The first kappa shape index (κ1) is 38.3. The van der Waals surface area contributed by atoms with Crippen LogP contribution in [-0.2, 0) is 37.3 Å². The van der Waals surface area contributed by atoms with Crippen LogP contribution in [0.2, 0.25) is 0 Å². The number of hydrogen-bond donors (Lipinski definition) is 0. The van der Waals surface area contributed by atoms with Crippen molar-refractivity contribution in [3.8, 4) is 5.82 Å². The maximum atomic E-state index is 14.4. The summed E-state index contributed by atoms with van der Waals surface area (Å²) in [6, 6.07) is 44.6. The number of nitrogens with zero attached hydrogens (tertiary/aromatic N) is 4. The number of rotatable bonds is 5. The Balaban J connectivity index is 0.00000465. The van der Waals surface area contributed by atoms with E-state index in [9.17, 15) is 4.79 Å². The number of ketones is 1. The monoisotopic (exact) mass is 902 g/mol. The van der Waals surface area contributed by atoms with Crippen LogP contribution in [0.5, 0.6) is 0 Å². The van der Waals surface area contributed by atoms with Gasteiger partial charge in [0.05, 0.1) is 5.78 Å². The molecule has 5 aromatic carbocycles. The Kier molecular flexibility index (Phi) is 9.71. The van der Waals surface area contributed by atoms with E-state index in [2.05, 4.69) is 162 Å². The van der Waals surface area contributed by atoms with Gasteiger partial charge in [-0.2, -0.15) is 0 Å². The average Bonchev–Trinajstić information content (AvgIpc) is 3.69. The van der Waals surface area contributed by atoms with Crippen molar-refractivity contribution < 1.29 is 25.9 Å². The van der Waals surface area contributed by atoms with Crippen LogP contribution in [-0.4, -0.2) is 15.3 Å². The maximum absolute atomic E-state index is 14.4. The van der Waals surface area contributed by atoms with Gasteiger partial charge in [0.15, 0.2) is 0 Å². The fourth-order valence-electron chi connectivity index (χ4n) is 7.27. The minimum atomic E-state index is -0.135. The van der Waals surface area contributed by atoms with Gasteiger partial charge in [-0.15, -0.1) is 60.3 Å². The zero-order valence-electron chi connectivity index (χ0n) is 33.1. The van der Waals surface area contributed by atoms with Crippen LogP contribution in [0.1, 0.15) is 94.9 Å². The largest absolute Gasteiger partial charge is 0.488 e. The van der Waals surface area contributed by atoms with E-state index in [1.165, 1.54) is 16.7 Å². The number of hydrogen-bond acceptors (Lipinski definition) is 4. The molecule has 5 nitrogen and oxygen atoms in total. The molecule has 55 heavy (non-hydrogen) atoms.